The van der Waals surface area contributed by atoms with Gasteiger partial charge in [-0.2, -0.15) is 11.8 Å². The zero-order valence-corrected chi connectivity index (χ0v) is 12.6. The molecule has 2 amide bonds. The molecule has 114 valence electrons. The Kier molecular flexibility index (Phi) is 4.72. The molecule has 2 N–H and O–H groups in total. The Morgan fingerprint density at radius 2 is 1.95 bits per heavy atom. The molecule has 2 unspecified atom stereocenters. The molecule has 1 aromatic rings. The number of amides is 2. The molecule has 1 fully saturated rings. The lowest BCUT2D eigenvalue weighted by atomic mass is 10.1. The van der Waals surface area contributed by atoms with Crippen LogP contribution >= 0.6 is 11.8 Å². The maximum absolute atomic E-state index is 13.3. The molecule has 0 spiro atoms. The Balaban J connectivity index is 2.16. The number of rotatable bonds is 2. The van der Waals surface area contributed by atoms with Crippen LogP contribution < -0.4 is 5.32 Å². The van der Waals surface area contributed by atoms with Crippen molar-refractivity contribution >= 4 is 29.4 Å². The molecule has 1 aliphatic rings. The van der Waals surface area contributed by atoms with Crippen molar-refractivity contribution in [3.63, 3.8) is 0 Å². The normalized spacial score (nSPS) is 22.0. The molecule has 1 aliphatic heterocycles. The van der Waals surface area contributed by atoms with Gasteiger partial charge in [-0.25, -0.2) is 14.0 Å². The molecule has 5 nitrogen and oxygen atoms in total. The van der Waals surface area contributed by atoms with Crippen molar-refractivity contribution in [1.29, 1.82) is 0 Å². The number of anilines is 1. The highest BCUT2D eigenvalue weighted by Crippen LogP contribution is 2.25. The van der Waals surface area contributed by atoms with Crippen molar-refractivity contribution in [1.82, 2.24) is 4.90 Å². The minimum atomic E-state index is -1.21. The van der Waals surface area contributed by atoms with Gasteiger partial charge in [0.05, 0.1) is 11.3 Å². The van der Waals surface area contributed by atoms with Crippen molar-refractivity contribution < 1.29 is 19.1 Å². The lowest BCUT2D eigenvalue weighted by Crippen LogP contribution is -2.46. The highest BCUT2D eigenvalue weighted by atomic mass is 32.2. The highest BCUT2D eigenvalue weighted by molar-refractivity contribution is 8.00. The van der Waals surface area contributed by atoms with Gasteiger partial charge in [-0.3, -0.25) is 0 Å². The van der Waals surface area contributed by atoms with Crippen LogP contribution in [0.5, 0.6) is 0 Å². The summed E-state index contributed by atoms with van der Waals surface area (Å²) in [7, 11) is 0. The molecular weight excluding hydrogens is 295 g/mol. The predicted octanol–water partition coefficient (Wildman–Crippen LogP) is 2.88. The van der Waals surface area contributed by atoms with Crippen molar-refractivity contribution in [3.8, 4) is 0 Å². The SMILES string of the molecule is CC1CN(C(=O)Nc2cc(F)ccc2C(=O)O)CC(C)S1. The molecule has 0 saturated carbocycles. The molecule has 0 radical (unpaired) electrons. The van der Waals surface area contributed by atoms with Gasteiger partial charge in [-0.15, -0.1) is 0 Å². The summed E-state index contributed by atoms with van der Waals surface area (Å²) in [5.74, 6) is -1.80. The number of carbonyl (C=O) groups excluding carboxylic acids is 1. The predicted molar refractivity (Wildman–Crippen MR) is 80.5 cm³/mol. The fraction of sp³-hybridized carbons (Fsp3) is 0.429. The lowest BCUT2D eigenvalue weighted by molar-refractivity contribution is 0.0698. The Morgan fingerprint density at radius 1 is 1.33 bits per heavy atom. The maximum Gasteiger partial charge on any atom is 0.337 e. The van der Waals surface area contributed by atoms with E-state index in [1.54, 1.807) is 16.7 Å². The van der Waals surface area contributed by atoms with E-state index >= 15 is 0 Å². The number of hydrogen-bond acceptors (Lipinski definition) is 3. The first-order chi connectivity index (χ1) is 9.86. The van der Waals surface area contributed by atoms with Crippen LogP contribution in [0.2, 0.25) is 0 Å². The molecule has 2 atom stereocenters. The minimum Gasteiger partial charge on any atom is -0.478 e. The zero-order valence-electron chi connectivity index (χ0n) is 11.8. The van der Waals surface area contributed by atoms with Gasteiger partial charge in [0, 0.05) is 23.6 Å². The molecule has 1 aromatic carbocycles. The summed E-state index contributed by atoms with van der Waals surface area (Å²) in [6.45, 7) is 5.23. The fourth-order valence-electron chi connectivity index (χ4n) is 2.34. The first kappa shape index (κ1) is 15.6. The molecule has 1 heterocycles. The number of hydrogen-bond donors (Lipinski definition) is 2. The second-order valence-corrected chi connectivity index (χ2v) is 6.97. The molecule has 0 aliphatic carbocycles. The largest absolute Gasteiger partial charge is 0.478 e. The Bertz CT molecular complexity index is 557. The van der Waals surface area contributed by atoms with Crippen LogP contribution in [-0.4, -0.2) is 45.6 Å². The number of nitrogens with one attached hydrogen (secondary N) is 1. The van der Waals surface area contributed by atoms with Crippen LogP contribution in [0.4, 0.5) is 14.9 Å². The van der Waals surface area contributed by atoms with E-state index in [9.17, 15) is 14.0 Å². The first-order valence-corrected chi connectivity index (χ1v) is 7.55. The Hall–Kier alpha value is -1.76. The van der Waals surface area contributed by atoms with Crippen LogP contribution in [0.1, 0.15) is 24.2 Å². The molecule has 0 aromatic heterocycles. The molecule has 21 heavy (non-hydrogen) atoms. The van der Waals surface area contributed by atoms with E-state index in [-0.39, 0.29) is 11.3 Å². The van der Waals surface area contributed by atoms with Gasteiger partial charge in [0.15, 0.2) is 0 Å². The second-order valence-electron chi connectivity index (χ2n) is 5.09. The third-order valence-electron chi connectivity index (χ3n) is 3.16. The van der Waals surface area contributed by atoms with E-state index in [2.05, 4.69) is 5.32 Å². The smallest absolute Gasteiger partial charge is 0.337 e. The monoisotopic (exact) mass is 312 g/mol. The first-order valence-electron chi connectivity index (χ1n) is 6.61. The highest BCUT2D eigenvalue weighted by Gasteiger charge is 2.26. The van der Waals surface area contributed by atoms with Gasteiger partial charge in [-0.1, -0.05) is 13.8 Å². The zero-order chi connectivity index (χ0) is 15.6. The third-order valence-corrected chi connectivity index (χ3v) is 4.39. The molecule has 1 saturated heterocycles. The number of carboxylic acids is 1. The summed E-state index contributed by atoms with van der Waals surface area (Å²) in [5.41, 5.74) is -0.150. The standard InChI is InChI=1S/C14H17FN2O3S/c1-8-6-17(7-9(2)21-8)14(20)16-12-5-10(15)3-4-11(12)13(18)19/h3-5,8-9H,6-7H2,1-2H3,(H,16,20)(H,18,19). The fourth-order valence-corrected chi connectivity index (χ4v) is 3.67. The molecule has 7 heteroatoms. The summed E-state index contributed by atoms with van der Waals surface area (Å²) in [6.07, 6.45) is 0. The summed E-state index contributed by atoms with van der Waals surface area (Å²) in [4.78, 5) is 25.0. The van der Waals surface area contributed by atoms with Crippen LogP contribution in [-0.2, 0) is 0 Å². The van der Waals surface area contributed by atoms with E-state index in [1.807, 2.05) is 13.8 Å². The van der Waals surface area contributed by atoms with Crippen molar-refractivity contribution in [2.24, 2.45) is 0 Å². The van der Waals surface area contributed by atoms with Gasteiger partial charge in [0.2, 0.25) is 0 Å². The molecule has 0 bridgehead atoms. The average molecular weight is 312 g/mol. The number of carboxylic acid groups (broad SMARTS) is 1. The Labute approximate surface area is 126 Å². The third kappa shape index (κ3) is 3.87. The lowest BCUT2D eigenvalue weighted by Gasteiger charge is -2.34. The van der Waals surface area contributed by atoms with Crippen LogP contribution in [0, 0.1) is 5.82 Å². The van der Waals surface area contributed by atoms with Crippen molar-refractivity contribution in [3.05, 3.63) is 29.6 Å². The minimum absolute atomic E-state index is 0.0222. The quantitative estimate of drug-likeness (QED) is 0.881. The summed E-state index contributed by atoms with van der Waals surface area (Å²) in [5, 5.41) is 12.2. The number of benzene rings is 1. The summed E-state index contributed by atoms with van der Waals surface area (Å²) >= 11 is 1.80. The topological polar surface area (TPSA) is 69.6 Å². The maximum atomic E-state index is 13.3. The van der Waals surface area contributed by atoms with E-state index < -0.39 is 17.8 Å². The van der Waals surface area contributed by atoms with Gasteiger partial charge in [0.25, 0.3) is 0 Å². The van der Waals surface area contributed by atoms with Gasteiger partial charge >= 0.3 is 12.0 Å². The van der Waals surface area contributed by atoms with E-state index in [0.29, 0.717) is 23.6 Å². The number of halogens is 1. The number of aromatic carboxylic acids is 1. The van der Waals surface area contributed by atoms with Gasteiger partial charge in [-0.05, 0) is 18.2 Å². The van der Waals surface area contributed by atoms with E-state index in [1.165, 1.54) is 0 Å². The summed E-state index contributed by atoms with van der Waals surface area (Å²) < 4.78 is 13.3. The van der Waals surface area contributed by atoms with Crippen LogP contribution in [0.3, 0.4) is 0 Å². The van der Waals surface area contributed by atoms with Gasteiger partial charge in [0.1, 0.15) is 5.82 Å². The molecule has 2 rings (SSSR count). The van der Waals surface area contributed by atoms with Crippen molar-refractivity contribution in [2.75, 3.05) is 18.4 Å². The van der Waals surface area contributed by atoms with Crippen LogP contribution in [0.25, 0.3) is 0 Å². The van der Waals surface area contributed by atoms with E-state index in [0.717, 1.165) is 18.2 Å². The number of thioether (sulfide) groups is 1. The van der Waals surface area contributed by atoms with E-state index in [4.69, 9.17) is 5.11 Å². The summed E-state index contributed by atoms with van der Waals surface area (Å²) in [6, 6.07) is 2.82. The molecular formula is C14H17FN2O3S. The second kappa shape index (κ2) is 6.34. The van der Waals surface area contributed by atoms with Crippen molar-refractivity contribution in [2.45, 2.75) is 24.3 Å². The van der Waals surface area contributed by atoms with Crippen LogP contribution in [0.15, 0.2) is 18.2 Å². The number of urea groups is 1. The van der Waals surface area contributed by atoms with Gasteiger partial charge < -0.3 is 15.3 Å². The average Bonchev–Trinajstić information content (AvgIpc) is 2.37. The number of nitrogens with zero attached hydrogens (tertiary/aromatic N) is 1. The number of carbonyl (C=O) groups is 2. The Morgan fingerprint density at radius 3 is 2.52 bits per heavy atom.